The summed E-state index contributed by atoms with van der Waals surface area (Å²) in [6.45, 7) is 11.0. The minimum atomic E-state index is -3.00. The van der Waals surface area contributed by atoms with Crippen LogP contribution >= 0.6 is 0 Å². The Balaban J connectivity index is 1.29. The molecule has 0 aliphatic carbocycles. The van der Waals surface area contributed by atoms with Crippen molar-refractivity contribution in [2.75, 3.05) is 59.5 Å². The fourth-order valence-electron chi connectivity index (χ4n) is 5.10. The molecule has 0 amide bonds. The molecule has 1 aliphatic rings. The number of nitrogens with zero attached hydrogens (tertiary/aromatic N) is 3. The van der Waals surface area contributed by atoms with Gasteiger partial charge in [-0.2, -0.15) is 0 Å². The Hall–Kier alpha value is -1.47. The minimum absolute atomic E-state index is 0.271. The fraction of sp³-hybridized carbons (Fsp3) is 0.455. The lowest BCUT2D eigenvalue weighted by Crippen LogP contribution is -2.55. The Bertz CT molecular complexity index is 1570. The third kappa shape index (κ3) is 12.4. The molecule has 0 N–H and O–H groups in total. The lowest BCUT2D eigenvalue weighted by atomic mass is 10.2. The van der Waals surface area contributed by atoms with Crippen molar-refractivity contribution in [3.05, 3.63) is 89.5 Å². The highest BCUT2D eigenvalue weighted by Gasteiger charge is 2.23. The normalized spacial score (nSPS) is 18.6. The molecule has 0 radical (unpaired) electrons. The standard InChI is InChI=1S/C33H45N3O6S6/c1-28-7-13-31(14-8-28)46(37,43)40-22-4-19-34-25-35(20-5-23-41-47(38,44)32-15-9-29(2)10-16-32)27-36(26-34)21-6-24-42-48(39,45)33-17-11-30(3)12-18-33/h7-18H,4-6,19-27H2,1-3H3. The van der Waals surface area contributed by atoms with Crippen LogP contribution in [-0.2, 0) is 72.4 Å². The monoisotopic (exact) mass is 771 g/mol. The lowest BCUT2D eigenvalue weighted by molar-refractivity contribution is -0.0334. The molecule has 1 aliphatic heterocycles. The van der Waals surface area contributed by atoms with Crippen LogP contribution in [0.5, 0.6) is 0 Å². The van der Waals surface area contributed by atoms with E-state index in [9.17, 15) is 12.6 Å². The largest absolute Gasteiger partial charge is 0.286 e. The molecule has 1 heterocycles. The maximum absolute atomic E-state index is 13.0. The van der Waals surface area contributed by atoms with Gasteiger partial charge in [0.2, 0.25) is 0 Å². The van der Waals surface area contributed by atoms with E-state index in [4.69, 9.17) is 46.1 Å². The first-order valence-electron chi connectivity index (χ1n) is 15.8. The van der Waals surface area contributed by atoms with Gasteiger partial charge < -0.3 is 0 Å². The van der Waals surface area contributed by atoms with Gasteiger partial charge >= 0.3 is 0 Å². The first-order chi connectivity index (χ1) is 22.7. The number of hydrogen-bond acceptors (Lipinski definition) is 12. The third-order valence-corrected chi connectivity index (χ3v) is 14.3. The van der Waals surface area contributed by atoms with Crippen molar-refractivity contribution >= 4 is 59.9 Å². The summed E-state index contributed by atoms with van der Waals surface area (Å²) in [6.07, 6.45) is 1.95. The van der Waals surface area contributed by atoms with E-state index >= 15 is 0 Å². The average molecular weight is 772 g/mol. The van der Waals surface area contributed by atoms with Crippen molar-refractivity contribution in [2.24, 2.45) is 0 Å². The molecule has 3 unspecified atom stereocenters. The number of hydrogen-bond donors (Lipinski definition) is 0. The van der Waals surface area contributed by atoms with Crippen LogP contribution < -0.4 is 0 Å². The quantitative estimate of drug-likeness (QED) is 0.162. The lowest BCUT2D eigenvalue weighted by Gasteiger charge is -2.42. The van der Waals surface area contributed by atoms with E-state index in [2.05, 4.69) is 14.7 Å². The Morgan fingerprint density at radius 3 is 0.938 bits per heavy atom. The summed E-state index contributed by atoms with van der Waals surface area (Å²) in [5.41, 5.74) is 3.19. The van der Waals surface area contributed by atoms with E-state index in [1.165, 1.54) is 0 Å². The zero-order valence-corrected chi connectivity index (χ0v) is 32.6. The van der Waals surface area contributed by atoms with Crippen molar-refractivity contribution in [3.8, 4) is 0 Å². The first kappa shape index (κ1) is 39.3. The molecule has 9 nitrogen and oxygen atoms in total. The van der Waals surface area contributed by atoms with Gasteiger partial charge in [-0.15, -0.1) is 0 Å². The molecular weight excluding hydrogens is 727 g/mol. The molecule has 48 heavy (non-hydrogen) atoms. The highest BCUT2D eigenvalue weighted by molar-refractivity contribution is 8.30. The van der Waals surface area contributed by atoms with Crippen LogP contribution in [0.15, 0.2) is 87.5 Å². The van der Waals surface area contributed by atoms with Gasteiger partial charge in [-0.1, -0.05) is 53.1 Å². The van der Waals surface area contributed by atoms with Gasteiger partial charge in [0.1, 0.15) is 0 Å². The molecule has 0 aromatic heterocycles. The van der Waals surface area contributed by atoms with Gasteiger partial charge in [-0.25, -0.2) is 12.6 Å². The summed E-state index contributed by atoms with van der Waals surface area (Å²) in [5.74, 6) is 0. The predicted octanol–water partition coefficient (Wildman–Crippen LogP) is 5.09. The molecule has 15 heteroatoms. The van der Waals surface area contributed by atoms with E-state index in [0.717, 1.165) is 16.7 Å². The zero-order chi connectivity index (χ0) is 34.8. The minimum Gasteiger partial charge on any atom is -0.286 e. The average Bonchev–Trinajstić information content (AvgIpc) is 3.04. The van der Waals surface area contributed by atoms with Gasteiger partial charge in [0.25, 0.3) is 0 Å². The summed E-state index contributed by atoms with van der Waals surface area (Å²) in [5, 5.41) is 0. The Labute approximate surface area is 301 Å². The van der Waals surface area contributed by atoms with Crippen LogP contribution in [0.2, 0.25) is 0 Å². The van der Waals surface area contributed by atoms with Crippen LogP contribution in [-0.4, -0.2) is 86.8 Å². The van der Waals surface area contributed by atoms with Crippen molar-refractivity contribution in [2.45, 2.75) is 54.7 Å². The van der Waals surface area contributed by atoms with E-state index in [0.29, 0.717) is 73.6 Å². The van der Waals surface area contributed by atoms with Crippen LogP contribution in [0.4, 0.5) is 0 Å². The summed E-state index contributed by atoms with van der Waals surface area (Å²) in [4.78, 5) is 8.40. The van der Waals surface area contributed by atoms with Gasteiger partial charge in [-0.05, 0) is 76.4 Å². The van der Waals surface area contributed by atoms with Crippen LogP contribution in [0.3, 0.4) is 0 Å². The van der Waals surface area contributed by atoms with Crippen molar-refractivity contribution in [1.82, 2.24) is 14.7 Å². The maximum atomic E-state index is 13.0. The molecular formula is C33H45N3O6S6. The molecule has 4 rings (SSSR count). The SMILES string of the molecule is Cc1ccc(S(=O)(=S)OCCCN2CN(CCCOS(=O)(=S)c3ccc(C)cc3)CN(CCCOS(=O)(=S)c3ccc(C)cc3)C2)cc1. The topological polar surface area (TPSA) is 88.6 Å². The first-order valence-corrected chi connectivity index (χ1v) is 23.0. The highest BCUT2D eigenvalue weighted by Crippen LogP contribution is 2.18. The van der Waals surface area contributed by atoms with E-state index in [-0.39, 0.29) is 19.8 Å². The molecule has 1 saturated heterocycles. The number of rotatable bonds is 18. The van der Waals surface area contributed by atoms with Gasteiger partial charge in [0, 0.05) is 53.2 Å². The van der Waals surface area contributed by atoms with Crippen LogP contribution in [0.1, 0.15) is 36.0 Å². The summed E-state index contributed by atoms with van der Waals surface area (Å²) < 4.78 is 56.0. The Kier molecular flexibility index (Phi) is 14.9. The molecule has 0 bridgehead atoms. The zero-order valence-electron chi connectivity index (χ0n) is 27.7. The Morgan fingerprint density at radius 1 is 0.479 bits per heavy atom. The number of aryl methyl sites for hydroxylation is 3. The third-order valence-electron chi connectivity index (χ3n) is 7.70. The van der Waals surface area contributed by atoms with Crippen LogP contribution in [0, 0.1) is 20.8 Å². The second-order valence-electron chi connectivity index (χ2n) is 11.9. The Morgan fingerprint density at radius 2 is 0.708 bits per heavy atom. The summed E-state index contributed by atoms with van der Waals surface area (Å²) in [6, 6.07) is 21.8. The van der Waals surface area contributed by atoms with Crippen molar-refractivity contribution < 1.29 is 25.2 Å². The second kappa shape index (κ2) is 18.1. The summed E-state index contributed by atoms with van der Waals surface area (Å²) in [7, 11) is -8.99. The predicted molar refractivity (Wildman–Crippen MR) is 201 cm³/mol. The van der Waals surface area contributed by atoms with Crippen molar-refractivity contribution in [3.63, 3.8) is 0 Å². The summed E-state index contributed by atoms with van der Waals surface area (Å²) >= 11 is 15.9. The van der Waals surface area contributed by atoms with E-state index in [1.54, 1.807) is 36.4 Å². The molecule has 3 aromatic rings. The molecule has 1 fully saturated rings. The van der Waals surface area contributed by atoms with Gasteiger partial charge in [-0.3, -0.25) is 27.2 Å². The maximum Gasteiger partial charge on any atom is 0.173 e. The molecule has 0 saturated carbocycles. The van der Waals surface area contributed by atoms with Gasteiger partial charge in [0.15, 0.2) is 26.3 Å². The van der Waals surface area contributed by atoms with Crippen molar-refractivity contribution in [1.29, 1.82) is 0 Å². The highest BCUT2D eigenvalue weighted by atomic mass is 32.9. The number of benzene rings is 3. The second-order valence-corrected chi connectivity index (χ2v) is 20.7. The van der Waals surface area contributed by atoms with E-state index < -0.39 is 26.3 Å². The van der Waals surface area contributed by atoms with E-state index in [1.807, 2.05) is 57.2 Å². The van der Waals surface area contributed by atoms with Crippen LogP contribution in [0.25, 0.3) is 0 Å². The molecule has 3 atom stereocenters. The fourth-order valence-corrected chi connectivity index (χ4v) is 9.54. The smallest absolute Gasteiger partial charge is 0.173 e. The molecule has 0 spiro atoms. The van der Waals surface area contributed by atoms with Gasteiger partial charge in [0.05, 0.1) is 54.5 Å². The molecule has 264 valence electrons. The molecule has 3 aromatic carbocycles.